The van der Waals surface area contributed by atoms with E-state index in [4.69, 9.17) is 0 Å². The lowest BCUT2D eigenvalue weighted by Crippen LogP contribution is -2.30. The highest BCUT2D eigenvalue weighted by atomic mass is 32.1. The molecular weight excluding hydrogens is 558 g/mol. The summed E-state index contributed by atoms with van der Waals surface area (Å²) in [4.78, 5) is 12.5. The highest BCUT2D eigenvalue weighted by Crippen LogP contribution is 2.52. The van der Waals surface area contributed by atoms with Crippen LogP contribution < -0.4 is 31.8 Å². The molecule has 198 valence electrons. The number of hydrogen-bond acceptors (Lipinski definition) is 3. The molecule has 0 aliphatic rings. The predicted octanol–water partition coefficient (Wildman–Crippen LogP) is 6.90. The average molecular weight is 586 g/mol. The van der Waals surface area contributed by atoms with E-state index in [1.165, 1.54) is 0 Å². The van der Waals surface area contributed by atoms with Crippen LogP contribution >= 0.6 is 26.0 Å². The standard InChI is InChI=1S/C36H27O2P2S/c37-39(27-13-5-1-6-14-27,28-15-7-2-8-16-28)31-21-23-35-33(25-31)34-26-32(22-24-36(34)41-35)40(38,29-17-9-3-10-18-29)30-19-11-4-12-20-30/h1-26,37H/q+1. The van der Waals surface area contributed by atoms with E-state index in [9.17, 15) is 4.89 Å². The molecule has 2 nitrogen and oxygen atoms in total. The SMILES string of the molecule is O=P(c1ccccc1)(c1ccccc1)c1ccc2sc3ccc([P+](O)(c4ccccc4)c4ccccc4)cc3c2c1. The van der Waals surface area contributed by atoms with Gasteiger partial charge in [0.2, 0.25) is 7.49 Å². The van der Waals surface area contributed by atoms with Crippen LogP contribution in [0.5, 0.6) is 0 Å². The maximum absolute atomic E-state index is 15.1. The largest absolute Gasteiger partial charge is 0.309 e. The molecule has 0 atom stereocenters. The van der Waals surface area contributed by atoms with Gasteiger partial charge in [-0.05, 0) is 60.7 Å². The Morgan fingerprint density at radius 1 is 0.463 bits per heavy atom. The fraction of sp³-hybridized carbons (Fsp3) is 0. The molecule has 0 spiro atoms. The molecule has 1 N–H and O–H groups in total. The van der Waals surface area contributed by atoms with Crippen molar-refractivity contribution in [3.8, 4) is 0 Å². The summed E-state index contributed by atoms with van der Waals surface area (Å²) in [6.45, 7) is 0. The van der Waals surface area contributed by atoms with Crippen molar-refractivity contribution in [2.75, 3.05) is 0 Å². The number of fused-ring (bicyclic) bond motifs is 3. The third kappa shape index (κ3) is 4.38. The quantitative estimate of drug-likeness (QED) is 0.216. The Morgan fingerprint density at radius 3 is 1.41 bits per heavy atom. The van der Waals surface area contributed by atoms with Gasteiger partial charge < -0.3 is 4.57 Å². The van der Waals surface area contributed by atoms with Crippen LogP contribution in [0.25, 0.3) is 20.2 Å². The molecular formula is C36H27O2P2S+. The third-order valence-corrected chi connectivity index (χ3v) is 15.0. The van der Waals surface area contributed by atoms with E-state index in [2.05, 4.69) is 30.3 Å². The number of hydrogen-bond donors (Lipinski definition) is 1. The van der Waals surface area contributed by atoms with Gasteiger partial charge in [0.05, 0.1) is 0 Å². The summed E-state index contributed by atoms with van der Waals surface area (Å²) in [6.07, 6.45) is 0. The molecule has 7 rings (SSSR count). The second-order valence-electron chi connectivity index (χ2n) is 10.0. The number of thiophene rings is 1. The first-order valence-corrected chi connectivity index (χ1v) is 17.8. The van der Waals surface area contributed by atoms with Crippen LogP contribution in [-0.2, 0) is 4.57 Å². The number of rotatable bonds is 6. The first-order chi connectivity index (χ1) is 20.1. The molecule has 0 fully saturated rings. The van der Waals surface area contributed by atoms with Crippen LogP contribution in [0.1, 0.15) is 0 Å². The molecule has 5 heteroatoms. The van der Waals surface area contributed by atoms with Crippen molar-refractivity contribution in [2.24, 2.45) is 0 Å². The van der Waals surface area contributed by atoms with Crippen molar-refractivity contribution in [3.05, 3.63) is 158 Å². The molecule has 1 aromatic heterocycles. The van der Waals surface area contributed by atoms with Crippen molar-refractivity contribution >= 4 is 78.0 Å². The van der Waals surface area contributed by atoms with E-state index in [-0.39, 0.29) is 0 Å². The van der Waals surface area contributed by atoms with Gasteiger partial charge in [0, 0.05) is 36.1 Å². The van der Waals surface area contributed by atoms with Crippen LogP contribution in [0.15, 0.2) is 158 Å². The van der Waals surface area contributed by atoms with Crippen LogP contribution in [0.4, 0.5) is 0 Å². The second-order valence-corrected chi connectivity index (χ2v) is 16.7. The summed E-state index contributed by atoms with van der Waals surface area (Å²) in [5.74, 6) is 0. The molecule has 0 aliphatic carbocycles. The Labute approximate surface area is 244 Å². The minimum Gasteiger partial charge on any atom is -0.309 e. The zero-order valence-electron chi connectivity index (χ0n) is 22.2. The van der Waals surface area contributed by atoms with Crippen LogP contribution in [0, 0.1) is 0 Å². The van der Waals surface area contributed by atoms with E-state index in [1.807, 2.05) is 127 Å². The van der Waals surface area contributed by atoms with Gasteiger partial charge >= 0.3 is 0 Å². The summed E-state index contributed by atoms with van der Waals surface area (Å²) in [5, 5.41) is 7.32. The van der Waals surface area contributed by atoms with E-state index in [0.29, 0.717) is 0 Å². The lowest BCUT2D eigenvalue weighted by atomic mass is 10.1. The van der Waals surface area contributed by atoms with Crippen LogP contribution in [-0.4, -0.2) is 4.89 Å². The fourth-order valence-corrected chi connectivity index (χ4v) is 12.1. The smallest absolute Gasteiger partial charge is 0.238 e. The first kappa shape index (κ1) is 26.1. The highest BCUT2D eigenvalue weighted by Gasteiger charge is 2.44. The van der Waals surface area contributed by atoms with Gasteiger partial charge in [-0.3, -0.25) is 0 Å². The van der Waals surface area contributed by atoms with E-state index in [0.717, 1.165) is 52.0 Å². The van der Waals surface area contributed by atoms with E-state index >= 15 is 4.57 Å². The molecule has 7 aromatic rings. The third-order valence-electron chi connectivity index (χ3n) is 7.67. The van der Waals surface area contributed by atoms with E-state index in [1.54, 1.807) is 11.3 Å². The molecule has 1 heterocycles. The minimum absolute atomic E-state index is 0.809. The maximum atomic E-state index is 15.1. The van der Waals surface area contributed by atoms with Gasteiger partial charge in [-0.1, -0.05) is 97.1 Å². The van der Waals surface area contributed by atoms with Gasteiger partial charge in [-0.25, -0.2) is 4.89 Å². The molecule has 41 heavy (non-hydrogen) atoms. The molecule has 0 amide bonds. The summed E-state index contributed by atoms with van der Waals surface area (Å²) in [6, 6.07) is 52.1. The van der Waals surface area contributed by atoms with Crippen molar-refractivity contribution in [3.63, 3.8) is 0 Å². The first-order valence-electron chi connectivity index (χ1n) is 13.5. The average Bonchev–Trinajstić information content (AvgIpc) is 3.43. The summed E-state index contributed by atoms with van der Waals surface area (Å²) < 4.78 is 17.4. The van der Waals surface area contributed by atoms with Crippen LogP contribution in [0.2, 0.25) is 0 Å². The Bertz CT molecular complexity index is 1940. The normalized spacial score (nSPS) is 12.1. The Morgan fingerprint density at radius 2 is 0.902 bits per heavy atom. The van der Waals surface area contributed by atoms with Crippen molar-refractivity contribution < 1.29 is 9.46 Å². The molecule has 6 aromatic carbocycles. The van der Waals surface area contributed by atoms with Crippen LogP contribution in [0.3, 0.4) is 0 Å². The Hall–Kier alpha value is -3.84. The predicted molar refractivity (Wildman–Crippen MR) is 180 cm³/mol. The van der Waals surface area contributed by atoms with E-state index < -0.39 is 14.6 Å². The van der Waals surface area contributed by atoms with Gasteiger partial charge in [-0.15, -0.1) is 11.3 Å². The molecule has 0 aliphatic heterocycles. The molecule has 0 unspecified atom stereocenters. The Kier molecular flexibility index (Phi) is 6.70. The minimum atomic E-state index is -3.11. The summed E-state index contributed by atoms with van der Waals surface area (Å²) >= 11 is 1.72. The molecule has 0 saturated heterocycles. The van der Waals surface area contributed by atoms with Gasteiger partial charge in [-0.2, -0.15) is 0 Å². The van der Waals surface area contributed by atoms with Gasteiger partial charge in [0.15, 0.2) is 7.14 Å². The second kappa shape index (κ2) is 10.5. The van der Waals surface area contributed by atoms with Gasteiger partial charge in [0.25, 0.3) is 0 Å². The fourth-order valence-electron chi connectivity index (χ4n) is 5.61. The lowest BCUT2D eigenvalue weighted by Gasteiger charge is -2.20. The van der Waals surface area contributed by atoms with Crippen molar-refractivity contribution in [1.82, 2.24) is 0 Å². The maximum Gasteiger partial charge on any atom is 0.238 e. The zero-order chi connectivity index (χ0) is 27.9. The highest BCUT2D eigenvalue weighted by molar-refractivity contribution is 7.91. The topological polar surface area (TPSA) is 37.3 Å². The zero-order valence-corrected chi connectivity index (χ0v) is 24.8. The number of benzene rings is 6. The Balaban J connectivity index is 1.46. The van der Waals surface area contributed by atoms with Gasteiger partial charge in [0.1, 0.15) is 15.9 Å². The monoisotopic (exact) mass is 585 g/mol. The lowest BCUT2D eigenvalue weighted by molar-refractivity contribution is 0.592. The summed E-state index contributed by atoms with van der Waals surface area (Å²) in [7, 11) is -5.99. The molecule has 0 bridgehead atoms. The van der Waals surface area contributed by atoms with Crippen molar-refractivity contribution in [1.29, 1.82) is 0 Å². The molecule has 0 saturated carbocycles. The van der Waals surface area contributed by atoms with Crippen molar-refractivity contribution in [2.45, 2.75) is 0 Å². The molecule has 0 radical (unpaired) electrons. The summed E-state index contributed by atoms with van der Waals surface area (Å²) in [5.41, 5.74) is 0.